The Bertz CT molecular complexity index is 1350. The lowest BCUT2D eigenvalue weighted by atomic mass is 9.85. The average Bonchev–Trinajstić information content (AvgIpc) is 3.23. The van der Waals surface area contributed by atoms with E-state index in [-0.39, 0.29) is 29.8 Å². The Hall–Kier alpha value is -2.82. The second-order valence-corrected chi connectivity index (χ2v) is 11.2. The number of nitrogens with two attached hydrogens (primary N) is 1. The Balaban J connectivity index is 1.50. The van der Waals surface area contributed by atoms with Gasteiger partial charge in [0.2, 0.25) is 23.7 Å². The van der Waals surface area contributed by atoms with Crippen molar-refractivity contribution in [2.75, 3.05) is 23.7 Å². The van der Waals surface area contributed by atoms with Crippen LogP contribution in [0.1, 0.15) is 51.5 Å². The van der Waals surface area contributed by atoms with Gasteiger partial charge in [-0.1, -0.05) is 34.8 Å². The highest BCUT2D eigenvalue weighted by molar-refractivity contribution is 6.41. The molecule has 1 aliphatic carbocycles. The lowest BCUT2D eigenvalue weighted by Gasteiger charge is -2.32. The molecule has 0 radical (unpaired) electrons. The van der Waals surface area contributed by atoms with Gasteiger partial charge < -0.3 is 21.3 Å². The predicted octanol–water partition coefficient (Wildman–Crippen LogP) is 5.17. The molecular formula is C25H29Cl3N8O2. The number of carbonyl (C=O) groups is 2. The van der Waals surface area contributed by atoms with Crippen LogP contribution in [0.3, 0.4) is 0 Å². The normalized spacial score (nSPS) is 21.9. The third-order valence-electron chi connectivity index (χ3n) is 7.34. The van der Waals surface area contributed by atoms with Crippen LogP contribution in [0.25, 0.3) is 11.2 Å². The van der Waals surface area contributed by atoms with Crippen LogP contribution >= 0.6 is 34.8 Å². The van der Waals surface area contributed by atoms with E-state index in [4.69, 9.17) is 50.5 Å². The molecule has 1 unspecified atom stereocenters. The van der Waals surface area contributed by atoms with Crippen LogP contribution in [0.4, 0.5) is 17.6 Å². The number of anilines is 3. The number of nitrogens with zero attached hydrogens (tertiary/aromatic N) is 5. The van der Waals surface area contributed by atoms with Gasteiger partial charge in [-0.25, -0.2) is 9.97 Å². The van der Waals surface area contributed by atoms with Crippen LogP contribution in [0.2, 0.25) is 15.1 Å². The van der Waals surface area contributed by atoms with Crippen LogP contribution in [0.5, 0.6) is 0 Å². The van der Waals surface area contributed by atoms with Crippen molar-refractivity contribution in [1.29, 1.82) is 0 Å². The van der Waals surface area contributed by atoms with Crippen LogP contribution < -0.4 is 16.4 Å². The first-order chi connectivity index (χ1) is 18.2. The Morgan fingerprint density at radius 1 is 1.05 bits per heavy atom. The first-order valence-electron chi connectivity index (χ1n) is 12.7. The summed E-state index contributed by atoms with van der Waals surface area (Å²) in [6, 6.07) is 3.29. The van der Waals surface area contributed by atoms with Gasteiger partial charge in [0.1, 0.15) is 5.52 Å². The van der Waals surface area contributed by atoms with E-state index in [9.17, 15) is 9.59 Å². The van der Waals surface area contributed by atoms with E-state index < -0.39 is 0 Å². The van der Waals surface area contributed by atoms with E-state index in [1.807, 2.05) is 9.47 Å². The predicted molar refractivity (Wildman–Crippen MR) is 149 cm³/mol. The van der Waals surface area contributed by atoms with Crippen molar-refractivity contribution in [3.05, 3.63) is 33.4 Å². The molecule has 4 N–H and O–H groups in total. The smallest absolute Gasteiger partial charge is 0.225 e. The molecule has 202 valence electrons. The molecule has 13 heteroatoms. The number of likely N-dealkylation sites (tertiary alicyclic amines) is 1. The van der Waals surface area contributed by atoms with E-state index in [2.05, 4.69) is 15.6 Å². The first kappa shape index (κ1) is 26.8. The summed E-state index contributed by atoms with van der Waals surface area (Å²) in [5.74, 6) is 0.639. The summed E-state index contributed by atoms with van der Waals surface area (Å²) in [6.07, 6.45) is 6.34. The number of benzene rings is 1. The van der Waals surface area contributed by atoms with E-state index in [0.29, 0.717) is 63.2 Å². The maximum atomic E-state index is 11.9. The topological polar surface area (TPSA) is 131 Å². The molecule has 1 aromatic carbocycles. The second kappa shape index (κ2) is 11.1. The number of imidazole rings is 1. The minimum Gasteiger partial charge on any atom is -0.369 e. The fraction of sp³-hybridized carbons (Fsp3) is 0.480. The molecule has 2 aromatic heterocycles. The van der Waals surface area contributed by atoms with Crippen molar-refractivity contribution in [3.8, 4) is 0 Å². The molecule has 1 aliphatic heterocycles. The van der Waals surface area contributed by atoms with Crippen LogP contribution in [0.15, 0.2) is 18.3 Å². The molecule has 2 fully saturated rings. The minimum absolute atomic E-state index is 0.0218. The van der Waals surface area contributed by atoms with Crippen molar-refractivity contribution < 1.29 is 9.59 Å². The van der Waals surface area contributed by atoms with Gasteiger partial charge in [0.25, 0.3) is 0 Å². The summed E-state index contributed by atoms with van der Waals surface area (Å²) in [5, 5.41) is 7.83. The number of piperidine rings is 1. The third-order valence-corrected chi connectivity index (χ3v) is 8.15. The number of fused-ring (bicyclic) bond motifs is 1. The number of aromatic nitrogens is 4. The maximum Gasteiger partial charge on any atom is 0.225 e. The van der Waals surface area contributed by atoms with E-state index in [0.717, 1.165) is 32.2 Å². The van der Waals surface area contributed by atoms with E-state index >= 15 is 0 Å². The molecular weight excluding hydrogens is 551 g/mol. The van der Waals surface area contributed by atoms with E-state index in [1.165, 1.54) is 0 Å². The lowest BCUT2D eigenvalue weighted by molar-refractivity contribution is -0.129. The highest BCUT2D eigenvalue weighted by atomic mass is 35.5. The molecule has 3 aromatic rings. The Morgan fingerprint density at radius 3 is 2.42 bits per heavy atom. The zero-order chi connectivity index (χ0) is 27.0. The monoisotopic (exact) mass is 578 g/mol. The molecule has 1 saturated carbocycles. The fourth-order valence-electron chi connectivity index (χ4n) is 5.35. The summed E-state index contributed by atoms with van der Waals surface area (Å²) >= 11 is 19.0. The standard InChI is InChI=1S/C25H29Cl3N8O2/c1-13(37)35-8-2-3-16(12-35)31-24-30-11-20-23(34-24)36(17-6-4-14(5-7-17)22(29)38)25(32-20)33-21-18(27)9-15(26)10-19(21)28/h9-11,14,16-17H,2-8,12H2,1H3,(H2,29,38)(H,32,33)(H,30,31,34). The van der Waals surface area contributed by atoms with Crippen molar-refractivity contribution in [2.24, 2.45) is 11.7 Å². The molecule has 38 heavy (non-hydrogen) atoms. The molecule has 0 spiro atoms. The molecule has 3 heterocycles. The number of hydrogen-bond donors (Lipinski definition) is 3. The lowest BCUT2D eigenvalue weighted by Crippen LogP contribution is -2.44. The van der Waals surface area contributed by atoms with Crippen molar-refractivity contribution in [3.63, 3.8) is 0 Å². The third kappa shape index (κ3) is 5.62. The number of nitrogens with one attached hydrogen (secondary N) is 2. The molecule has 2 amide bonds. The molecule has 1 saturated heterocycles. The molecule has 0 bridgehead atoms. The van der Waals surface area contributed by atoms with Gasteiger partial charge in [-0.15, -0.1) is 0 Å². The number of primary amides is 1. The number of rotatable bonds is 6. The maximum absolute atomic E-state index is 11.9. The Kier molecular flexibility index (Phi) is 7.83. The van der Waals surface area contributed by atoms with Gasteiger partial charge in [0.15, 0.2) is 5.65 Å². The number of amides is 2. The van der Waals surface area contributed by atoms with Gasteiger partial charge in [-0.05, 0) is 50.7 Å². The zero-order valence-electron chi connectivity index (χ0n) is 20.9. The van der Waals surface area contributed by atoms with Gasteiger partial charge in [0.05, 0.1) is 21.9 Å². The van der Waals surface area contributed by atoms with Crippen LogP contribution in [0, 0.1) is 5.92 Å². The zero-order valence-corrected chi connectivity index (χ0v) is 23.2. The first-order valence-corrected chi connectivity index (χ1v) is 13.8. The number of halogens is 3. The van der Waals surface area contributed by atoms with Crippen molar-refractivity contribution in [2.45, 2.75) is 57.5 Å². The SMILES string of the molecule is CC(=O)N1CCCC(Nc2ncc3nc(Nc4c(Cl)cc(Cl)cc4Cl)n(C4CCC(C(N)=O)CC4)c3n2)C1. The molecule has 5 rings (SSSR count). The highest BCUT2D eigenvalue weighted by Crippen LogP contribution is 2.40. The summed E-state index contributed by atoms with van der Waals surface area (Å²) in [7, 11) is 0. The van der Waals surface area contributed by atoms with Gasteiger partial charge in [-0.2, -0.15) is 4.98 Å². The van der Waals surface area contributed by atoms with Crippen LogP contribution in [-0.4, -0.2) is 55.4 Å². The second-order valence-electron chi connectivity index (χ2n) is 9.93. The fourth-order valence-corrected chi connectivity index (χ4v) is 6.26. The van der Waals surface area contributed by atoms with Gasteiger partial charge >= 0.3 is 0 Å². The quantitative estimate of drug-likeness (QED) is 0.367. The van der Waals surface area contributed by atoms with Crippen molar-refractivity contribution in [1.82, 2.24) is 24.4 Å². The van der Waals surface area contributed by atoms with Gasteiger partial charge in [0, 0.05) is 43.0 Å². The highest BCUT2D eigenvalue weighted by Gasteiger charge is 2.30. The van der Waals surface area contributed by atoms with E-state index in [1.54, 1.807) is 25.3 Å². The molecule has 2 aliphatic rings. The number of carbonyl (C=O) groups excluding carboxylic acids is 2. The molecule has 1 atom stereocenters. The Labute approximate surface area is 235 Å². The minimum atomic E-state index is -0.266. The summed E-state index contributed by atoms with van der Waals surface area (Å²) < 4.78 is 2.03. The van der Waals surface area contributed by atoms with Gasteiger partial charge in [-0.3, -0.25) is 14.2 Å². The Morgan fingerprint density at radius 2 is 1.76 bits per heavy atom. The average molecular weight is 580 g/mol. The molecule has 10 nitrogen and oxygen atoms in total. The largest absolute Gasteiger partial charge is 0.369 e. The summed E-state index contributed by atoms with van der Waals surface area (Å²) in [6.45, 7) is 2.96. The van der Waals surface area contributed by atoms with Crippen molar-refractivity contribution >= 4 is 75.4 Å². The summed E-state index contributed by atoms with van der Waals surface area (Å²) in [5.41, 5.74) is 7.31. The number of hydrogen-bond acceptors (Lipinski definition) is 7. The summed E-state index contributed by atoms with van der Waals surface area (Å²) in [4.78, 5) is 39.6. The van der Waals surface area contributed by atoms with Crippen LogP contribution in [-0.2, 0) is 9.59 Å².